The molecule has 0 saturated carbocycles. The lowest BCUT2D eigenvalue weighted by molar-refractivity contribution is 0.0244. The molecule has 1 aliphatic rings. The summed E-state index contributed by atoms with van der Waals surface area (Å²) in [5, 5.41) is 0.562. The minimum atomic E-state index is -3.97. The van der Waals surface area contributed by atoms with Gasteiger partial charge in [0.15, 0.2) is 0 Å². The van der Waals surface area contributed by atoms with E-state index >= 15 is 0 Å². The Morgan fingerprint density at radius 1 is 1.27 bits per heavy atom. The molecule has 0 radical (unpaired) electrons. The largest absolute Gasteiger partial charge is 0.444 e. The average Bonchev–Trinajstić information content (AvgIpc) is 2.85. The van der Waals surface area contributed by atoms with Gasteiger partial charge in [-0.2, -0.15) is 4.31 Å². The smallest absolute Gasteiger partial charge is 0.410 e. The summed E-state index contributed by atoms with van der Waals surface area (Å²) < 4.78 is 33.9. The zero-order valence-electron chi connectivity index (χ0n) is 17.4. The summed E-state index contributed by atoms with van der Waals surface area (Å²) in [6, 6.07) is 4.03. The molecule has 10 heteroatoms. The molecule has 2 heterocycles. The number of pyridine rings is 1. The molecule has 1 N–H and O–H groups in total. The van der Waals surface area contributed by atoms with E-state index in [1.165, 1.54) is 33.6 Å². The van der Waals surface area contributed by atoms with Crippen molar-refractivity contribution in [3.8, 4) is 0 Å². The number of ether oxygens (including phenoxy) is 1. The van der Waals surface area contributed by atoms with Crippen molar-refractivity contribution in [3.05, 3.63) is 39.8 Å². The number of benzene rings is 1. The normalized spacial score (nSPS) is 19.0. The number of H-pyrrole nitrogens is 1. The second kappa shape index (κ2) is 8.20. The molecule has 1 aliphatic heterocycles. The summed E-state index contributed by atoms with van der Waals surface area (Å²) in [4.78, 5) is 28.6. The van der Waals surface area contributed by atoms with E-state index in [9.17, 15) is 18.0 Å². The van der Waals surface area contributed by atoms with Crippen LogP contribution in [0.4, 0.5) is 4.79 Å². The van der Waals surface area contributed by atoms with Gasteiger partial charge in [0.05, 0.1) is 9.92 Å². The van der Waals surface area contributed by atoms with Gasteiger partial charge < -0.3 is 14.6 Å². The standard InChI is InChI=1S/C20H26ClN3O5S/c1-13-12-23(19(26)29-20(2,3)4)9-6-10-24(13)30(27,28)16-8-5-7-14-17(16)15(21)11-22-18(14)25/h5,7-8,11,13H,6,9-10,12H2,1-4H3,(H,22,25)/t13-/m1/s1. The molecule has 3 rings (SSSR count). The Kier molecular flexibility index (Phi) is 6.18. The number of halogens is 1. The molecule has 1 aromatic carbocycles. The third-order valence-corrected chi connectivity index (χ3v) is 7.21. The summed E-state index contributed by atoms with van der Waals surface area (Å²) in [6.07, 6.45) is 1.29. The minimum absolute atomic E-state index is 0.0198. The van der Waals surface area contributed by atoms with E-state index in [0.29, 0.717) is 13.0 Å². The second-order valence-corrected chi connectivity index (χ2v) is 10.7. The van der Waals surface area contributed by atoms with Crippen LogP contribution in [0.1, 0.15) is 34.1 Å². The molecule has 1 fully saturated rings. The van der Waals surface area contributed by atoms with Gasteiger partial charge in [-0.1, -0.05) is 17.7 Å². The molecule has 30 heavy (non-hydrogen) atoms. The van der Waals surface area contributed by atoms with Crippen molar-refractivity contribution in [1.82, 2.24) is 14.2 Å². The number of carbonyl (C=O) groups excluding carboxylic acids is 1. The Balaban J connectivity index is 1.96. The maximum Gasteiger partial charge on any atom is 0.410 e. The predicted molar refractivity (Wildman–Crippen MR) is 115 cm³/mol. The summed E-state index contributed by atoms with van der Waals surface area (Å²) in [5.74, 6) is 0. The maximum atomic E-state index is 13.6. The molecular weight excluding hydrogens is 430 g/mol. The van der Waals surface area contributed by atoms with Gasteiger partial charge in [-0.15, -0.1) is 0 Å². The van der Waals surface area contributed by atoms with Gasteiger partial charge in [-0.25, -0.2) is 13.2 Å². The van der Waals surface area contributed by atoms with Crippen molar-refractivity contribution in [2.24, 2.45) is 0 Å². The average molecular weight is 456 g/mol. The lowest BCUT2D eigenvalue weighted by atomic mass is 10.2. The minimum Gasteiger partial charge on any atom is -0.444 e. The summed E-state index contributed by atoms with van der Waals surface area (Å²) >= 11 is 6.25. The quantitative estimate of drug-likeness (QED) is 0.749. The van der Waals surface area contributed by atoms with Crippen LogP contribution in [-0.4, -0.2) is 60.0 Å². The number of nitrogens with one attached hydrogen (secondary N) is 1. The molecule has 1 amide bonds. The van der Waals surface area contributed by atoms with Crippen molar-refractivity contribution in [3.63, 3.8) is 0 Å². The number of hydrogen-bond donors (Lipinski definition) is 1. The van der Waals surface area contributed by atoms with Crippen LogP contribution in [0, 0.1) is 0 Å². The highest BCUT2D eigenvalue weighted by molar-refractivity contribution is 7.89. The molecule has 8 nitrogen and oxygen atoms in total. The Bertz CT molecular complexity index is 1120. The number of fused-ring (bicyclic) bond motifs is 1. The Morgan fingerprint density at radius 2 is 1.97 bits per heavy atom. The molecule has 1 atom stereocenters. The van der Waals surface area contributed by atoms with E-state index in [4.69, 9.17) is 16.3 Å². The summed E-state index contributed by atoms with van der Waals surface area (Å²) in [6.45, 7) is 7.94. The fourth-order valence-electron chi connectivity index (χ4n) is 3.58. The molecule has 0 spiro atoms. The van der Waals surface area contributed by atoms with E-state index in [2.05, 4.69) is 4.98 Å². The first kappa shape index (κ1) is 22.6. The van der Waals surface area contributed by atoms with Crippen molar-refractivity contribution in [2.75, 3.05) is 19.6 Å². The van der Waals surface area contributed by atoms with Crippen molar-refractivity contribution in [1.29, 1.82) is 0 Å². The van der Waals surface area contributed by atoms with Crippen LogP contribution in [-0.2, 0) is 14.8 Å². The van der Waals surface area contributed by atoms with Crippen LogP contribution in [0.2, 0.25) is 5.02 Å². The fraction of sp³-hybridized carbons (Fsp3) is 0.500. The monoisotopic (exact) mass is 455 g/mol. The Morgan fingerprint density at radius 3 is 2.63 bits per heavy atom. The van der Waals surface area contributed by atoms with Crippen LogP contribution in [0.15, 0.2) is 34.1 Å². The number of carbonyl (C=O) groups is 1. The van der Waals surface area contributed by atoms with E-state index in [1.54, 1.807) is 27.7 Å². The maximum absolute atomic E-state index is 13.6. The Hall–Kier alpha value is -2.10. The molecule has 0 unspecified atom stereocenters. The molecular formula is C20H26ClN3O5S. The number of hydrogen-bond acceptors (Lipinski definition) is 5. The van der Waals surface area contributed by atoms with Crippen molar-refractivity contribution < 1.29 is 17.9 Å². The van der Waals surface area contributed by atoms with Crippen LogP contribution >= 0.6 is 11.6 Å². The zero-order valence-corrected chi connectivity index (χ0v) is 19.0. The number of rotatable bonds is 2. The van der Waals surface area contributed by atoms with Crippen molar-refractivity contribution in [2.45, 2.75) is 50.7 Å². The fourth-order valence-corrected chi connectivity index (χ4v) is 5.78. The number of aromatic nitrogens is 1. The van der Waals surface area contributed by atoms with Gasteiger partial charge in [0.2, 0.25) is 10.0 Å². The van der Waals surface area contributed by atoms with Crippen LogP contribution < -0.4 is 5.56 Å². The number of amides is 1. The predicted octanol–water partition coefficient (Wildman–Crippen LogP) is 3.20. The summed E-state index contributed by atoms with van der Waals surface area (Å²) in [5.41, 5.74) is -1.04. The molecule has 0 aliphatic carbocycles. The van der Waals surface area contributed by atoms with Gasteiger partial charge in [0, 0.05) is 42.6 Å². The number of aromatic amines is 1. The number of nitrogens with zero attached hydrogens (tertiary/aromatic N) is 2. The SMILES string of the molecule is C[C@@H]1CN(C(=O)OC(C)(C)C)CCCN1S(=O)(=O)c1cccc2c(=O)[nH]cc(Cl)c12. The van der Waals surface area contributed by atoms with E-state index in [-0.39, 0.29) is 33.8 Å². The van der Waals surface area contributed by atoms with E-state index < -0.39 is 33.3 Å². The second-order valence-electron chi connectivity index (χ2n) is 8.39. The highest BCUT2D eigenvalue weighted by Crippen LogP contribution is 2.31. The first-order valence-electron chi connectivity index (χ1n) is 9.71. The van der Waals surface area contributed by atoms with Gasteiger partial charge in [0.1, 0.15) is 5.60 Å². The number of sulfonamides is 1. The topological polar surface area (TPSA) is 99.8 Å². The van der Waals surface area contributed by atoms with E-state index in [1.807, 2.05) is 0 Å². The van der Waals surface area contributed by atoms with Gasteiger partial charge in [0.25, 0.3) is 5.56 Å². The zero-order chi connectivity index (χ0) is 22.3. The van der Waals surface area contributed by atoms with Crippen LogP contribution in [0.5, 0.6) is 0 Å². The molecule has 1 aromatic heterocycles. The Labute approximate surface area is 180 Å². The summed E-state index contributed by atoms with van der Waals surface area (Å²) in [7, 11) is -3.97. The van der Waals surface area contributed by atoms with Gasteiger partial charge >= 0.3 is 6.09 Å². The lowest BCUT2D eigenvalue weighted by Crippen LogP contribution is -2.45. The lowest BCUT2D eigenvalue weighted by Gasteiger charge is -2.30. The highest BCUT2D eigenvalue weighted by Gasteiger charge is 2.35. The first-order chi connectivity index (χ1) is 13.9. The first-order valence-corrected chi connectivity index (χ1v) is 11.5. The molecule has 2 aromatic rings. The van der Waals surface area contributed by atoms with Crippen LogP contribution in [0.25, 0.3) is 10.8 Å². The third kappa shape index (κ3) is 4.48. The van der Waals surface area contributed by atoms with Gasteiger partial charge in [-0.3, -0.25) is 4.79 Å². The molecule has 1 saturated heterocycles. The van der Waals surface area contributed by atoms with Gasteiger partial charge in [-0.05, 0) is 46.2 Å². The van der Waals surface area contributed by atoms with Crippen molar-refractivity contribution >= 4 is 38.5 Å². The molecule has 164 valence electrons. The molecule has 0 bridgehead atoms. The van der Waals surface area contributed by atoms with Crippen LogP contribution in [0.3, 0.4) is 0 Å². The highest BCUT2D eigenvalue weighted by atomic mass is 35.5. The van der Waals surface area contributed by atoms with E-state index in [0.717, 1.165) is 0 Å². The third-order valence-electron chi connectivity index (χ3n) is 4.86.